The molecule has 0 aliphatic heterocycles. The molecule has 0 radical (unpaired) electrons. The Morgan fingerprint density at radius 3 is 2.30 bits per heavy atom. The van der Waals surface area contributed by atoms with E-state index in [9.17, 15) is 9.59 Å². The lowest BCUT2D eigenvalue weighted by Crippen LogP contribution is -2.49. The summed E-state index contributed by atoms with van der Waals surface area (Å²) in [5.41, 5.74) is 4.51. The van der Waals surface area contributed by atoms with Crippen LogP contribution >= 0.6 is 22.6 Å². The first-order valence-electron chi connectivity index (χ1n) is 15.2. The first-order valence-corrected chi connectivity index (χ1v) is 16.2. The maximum absolute atomic E-state index is 13.2. The molecule has 5 rings (SSSR count). The molecule has 46 heavy (non-hydrogen) atoms. The van der Waals surface area contributed by atoms with Crippen LogP contribution in [-0.4, -0.2) is 44.7 Å². The molecule has 238 valence electrons. The van der Waals surface area contributed by atoms with Crippen molar-refractivity contribution < 1.29 is 19.1 Å². The summed E-state index contributed by atoms with van der Waals surface area (Å²) in [5, 5.41) is 6.64. The second-order valence-corrected chi connectivity index (χ2v) is 13.3. The van der Waals surface area contributed by atoms with Gasteiger partial charge in [0.05, 0.1) is 5.39 Å². The Morgan fingerprint density at radius 1 is 0.913 bits per heavy atom. The van der Waals surface area contributed by atoms with Gasteiger partial charge in [-0.15, -0.1) is 0 Å². The minimum Gasteiger partial charge on any atom is -0.457 e. The van der Waals surface area contributed by atoms with Gasteiger partial charge in [-0.3, -0.25) is 9.78 Å². The molecule has 10 heteroatoms. The van der Waals surface area contributed by atoms with Crippen LogP contribution in [0.4, 0.5) is 4.79 Å². The van der Waals surface area contributed by atoms with Gasteiger partial charge in [0.2, 0.25) is 5.91 Å². The predicted octanol–water partition coefficient (Wildman–Crippen LogP) is 6.98. The number of nitrogens with zero attached hydrogens (tertiary/aromatic N) is 3. The van der Waals surface area contributed by atoms with Crippen LogP contribution in [0.15, 0.2) is 91.5 Å². The van der Waals surface area contributed by atoms with Crippen LogP contribution in [0.25, 0.3) is 11.0 Å². The number of alkyl carbamates (subject to hydrolysis) is 1. The van der Waals surface area contributed by atoms with E-state index in [1.165, 1.54) is 11.1 Å². The number of aryl methyl sites for hydroxylation is 1. The van der Waals surface area contributed by atoms with Crippen molar-refractivity contribution >= 4 is 45.6 Å². The Balaban J connectivity index is 1.27. The lowest BCUT2D eigenvalue weighted by molar-refractivity contribution is -0.123. The topological polar surface area (TPSA) is 107 Å². The van der Waals surface area contributed by atoms with E-state index in [4.69, 9.17) is 9.47 Å². The minimum absolute atomic E-state index is 0.278. The van der Waals surface area contributed by atoms with E-state index in [2.05, 4.69) is 85.1 Å². The van der Waals surface area contributed by atoms with Gasteiger partial charge in [-0.25, -0.2) is 9.78 Å². The van der Waals surface area contributed by atoms with Crippen LogP contribution in [0.5, 0.6) is 11.5 Å². The molecule has 2 amide bonds. The van der Waals surface area contributed by atoms with Crippen LogP contribution in [-0.2, 0) is 28.9 Å². The number of pyridine rings is 2. The molecule has 0 fully saturated rings. The molecule has 2 aromatic carbocycles. The molecule has 0 saturated heterocycles. The Labute approximate surface area is 282 Å². The number of halogens is 1. The van der Waals surface area contributed by atoms with E-state index in [1.54, 1.807) is 39.4 Å². The predicted molar refractivity (Wildman–Crippen MR) is 187 cm³/mol. The Morgan fingerprint density at radius 2 is 1.61 bits per heavy atom. The van der Waals surface area contributed by atoms with Gasteiger partial charge in [0.25, 0.3) is 0 Å². The van der Waals surface area contributed by atoms with E-state index in [1.807, 2.05) is 42.5 Å². The average molecular weight is 732 g/mol. The third-order valence-corrected chi connectivity index (χ3v) is 8.02. The van der Waals surface area contributed by atoms with Gasteiger partial charge < -0.3 is 24.7 Å². The third kappa shape index (κ3) is 9.06. The maximum Gasteiger partial charge on any atom is 0.408 e. The summed E-state index contributed by atoms with van der Waals surface area (Å²) in [6.07, 6.45) is 7.57. The second kappa shape index (κ2) is 14.8. The van der Waals surface area contributed by atoms with Gasteiger partial charge in [-0.2, -0.15) is 0 Å². The largest absolute Gasteiger partial charge is 0.457 e. The number of rotatable bonds is 11. The minimum atomic E-state index is -0.825. The number of nitrogens with one attached hydrogen (secondary N) is 2. The molecule has 0 aliphatic rings. The van der Waals surface area contributed by atoms with Crippen molar-refractivity contribution in [3.05, 3.63) is 117 Å². The van der Waals surface area contributed by atoms with Crippen LogP contribution in [0.3, 0.4) is 0 Å². The molecule has 3 heterocycles. The number of ether oxygens (including phenoxy) is 2. The first-order chi connectivity index (χ1) is 22.0. The van der Waals surface area contributed by atoms with Crippen molar-refractivity contribution in [3.8, 4) is 11.5 Å². The molecule has 1 atom stereocenters. The van der Waals surface area contributed by atoms with Crippen molar-refractivity contribution in [2.24, 2.45) is 0 Å². The highest BCUT2D eigenvalue weighted by Crippen LogP contribution is 2.34. The Bertz CT molecular complexity index is 1780. The number of carbonyl (C=O) groups excluding carboxylic acids is 2. The number of hydrogen-bond acceptors (Lipinski definition) is 6. The fourth-order valence-corrected chi connectivity index (χ4v) is 5.80. The van der Waals surface area contributed by atoms with E-state index < -0.39 is 17.7 Å². The summed E-state index contributed by atoms with van der Waals surface area (Å²) in [5.74, 6) is 1.07. The van der Waals surface area contributed by atoms with E-state index in [0.717, 1.165) is 25.7 Å². The van der Waals surface area contributed by atoms with Gasteiger partial charge in [-0.05, 0) is 104 Å². The summed E-state index contributed by atoms with van der Waals surface area (Å²) >= 11 is 2.32. The molecule has 0 spiro atoms. The van der Waals surface area contributed by atoms with E-state index >= 15 is 0 Å². The fourth-order valence-electron chi connectivity index (χ4n) is 4.95. The molecule has 0 aliphatic carbocycles. The Kier molecular flexibility index (Phi) is 10.6. The monoisotopic (exact) mass is 731 g/mol. The van der Waals surface area contributed by atoms with Crippen molar-refractivity contribution in [3.63, 3.8) is 0 Å². The third-order valence-electron chi connectivity index (χ3n) is 7.21. The molecule has 0 unspecified atom stereocenters. The summed E-state index contributed by atoms with van der Waals surface area (Å²) in [7, 11) is 0. The maximum atomic E-state index is 13.2. The zero-order valence-electron chi connectivity index (χ0n) is 26.4. The molecular weight excluding hydrogens is 693 g/mol. The standard InChI is InChI=1S/C36H38IN5O4/c1-24-5-7-27(8-6-24)22-42-23-29(37)32-31(16-20-39-33(32)42)45-28-11-9-26(10-12-28)21-30(41-35(44)46-36(2,3)4)34(43)40-19-15-25-13-17-38-18-14-25/h5-14,16-18,20,23,30H,15,19,21-22H2,1-4H3,(H,40,43)(H,41,44)/t30-/m0/s1. The van der Waals surface area contributed by atoms with Gasteiger partial charge in [0.1, 0.15) is 28.8 Å². The molecule has 3 aromatic heterocycles. The smallest absolute Gasteiger partial charge is 0.408 e. The number of carbonyl (C=O) groups is 2. The van der Waals surface area contributed by atoms with Crippen LogP contribution in [0.2, 0.25) is 0 Å². The summed E-state index contributed by atoms with van der Waals surface area (Å²) in [6, 6.07) is 20.9. The van der Waals surface area contributed by atoms with Crippen molar-refractivity contribution in [2.45, 2.75) is 58.7 Å². The van der Waals surface area contributed by atoms with Crippen LogP contribution in [0, 0.1) is 10.5 Å². The van der Waals surface area contributed by atoms with E-state index in [0.29, 0.717) is 31.0 Å². The average Bonchev–Trinajstić information content (AvgIpc) is 3.34. The quantitative estimate of drug-likeness (QED) is 0.142. The highest BCUT2D eigenvalue weighted by atomic mass is 127. The number of benzene rings is 2. The number of hydrogen-bond donors (Lipinski definition) is 2. The molecular formula is C36H38IN5O4. The van der Waals surface area contributed by atoms with Gasteiger partial charge >= 0.3 is 6.09 Å². The van der Waals surface area contributed by atoms with E-state index in [-0.39, 0.29) is 12.3 Å². The normalized spacial score (nSPS) is 12.0. The lowest BCUT2D eigenvalue weighted by atomic mass is 10.0. The van der Waals surface area contributed by atoms with Crippen molar-refractivity contribution in [1.82, 2.24) is 25.2 Å². The summed E-state index contributed by atoms with van der Waals surface area (Å²) in [6.45, 7) is 8.57. The SMILES string of the molecule is Cc1ccc(Cn2cc(I)c3c(Oc4ccc(C[C@H](NC(=O)OC(C)(C)C)C(=O)NCCc5ccncc5)cc4)ccnc32)cc1. The lowest BCUT2D eigenvalue weighted by Gasteiger charge is -2.23. The highest BCUT2D eigenvalue weighted by molar-refractivity contribution is 14.1. The van der Waals surface area contributed by atoms with Gasteiger partial charge in [0.15, 0.2) is 0 Å². The Hall–Kier alpha value is -4.45. The number of aromatic nitrogens is 3. The van der Waals surface area contributed by atoms with Gasteiger partial charge in [-0.1, -0.05) is 42.0 Å². The highest BCUT2D eigenvalue weighted by Gasteiger charge is 2.25. The number of amides is 2. The van der Waals surface area contributed by atoms with Crippen molar-refractivity contribution in [1.29, 1.82) is 0 Å². The summed E-state index contributed by atoms with van der Waals surface area (Å²) in [4.78, 5) is 34.5. The zero-order valence-corrected chi connectivity index (χ0v) is 28.6. The van der Waals surface area contributed by atoms with Crippen LogP contribution < -0.4 is 15.4 Å². The van der Waals surface area contributed by atoms with Crippen molar-refractivity contribution in [2.75, 3.05) is 6.54 Å². The molecule has 0 bridgehead atoms. The second-order valence-electron chi connectivity index (χ2n) is 12.1. The number of fused-ring (bicyclic) bond motifs is 1. The molecule has 9 nitrogen and oxygen atoms in total. The van der Waals surface area contributed by atoms with Gasteiger partial charge in [0, 0.05) is 47.9 Å². The summed E-state index contributed by atoms with van der Waals surface area (Å²) < 4.78 is 15.0. The fraction of sp³-hybridized carbons (Fsp3) is 0.278. The molecule has 0 saturated carbocycles. The zero-order chi connectivity index (χ0) is 32.7. The first kappa shape index (κ1) is 32.9. The molecule has 2 N–H and O–H groups in total. The molecule has 5 aromatic rings. The van der Waals surface area contributed by atoms with Crippen LogP contribution in [0.1, 0.15) is 43.0 Å².